The minimum Gasteiger partial charge on any atom is -0.454 e. The lowest BCUT2D eigenvalue weighted by Crippen LogP contribution is -2.16. The maximum atomic E-state index is 12.9. The van der Waals surface area contributed by atoms with E-state index in [0.29, 0.717) is 10.4 Å². The normalized spacial score (nSPS) is 13.1. The van der Waals surface area contributed by atoms with Gasteiger partial charge in [-0.25, -0.2) is 0 Å². The van der Waals surface area contributed by atoms with Crippen LogP contribution in [0, 0.1) is 0 Å². The number of carbonyl (C=O) groups excluding carboxylic acids is 1. The molecule has 3 aromatic carbocycles. The van der Waals surface area contributed by atoms with Crippen molar-refractivity contribution in [1.82, 2.24) is 4.57 Å². The van der Waals surface area contributed by atoms with Gasteiger partial charge in [0, 0.05) is 24.2 Å². The molecule has 0 saturated heterocycles. The summed E-state index contributed by atoms with van der Waals surface area (Å²) in [4.78, 5) is 18.1. The van der Waals surface area contributed by atoms with Gasteiger partial charge in [0.15, 0.2) is 16.3 Å². The second-order valence-electron chi connectivity index (χ2n) is 7.49. The second-order valence-corrected chi connectivity index (χ2v) is 8.49. The molecule has 1 amide bonds. The number of aryl methyl sites for hydroxylation is 1. The fourth-order valence-electron chi connectivity index (χ4n) is 3.73. The minimum absolute atomic E-state index is 0.234. The van der Waals surface area contributed by atoms with Gasteiger partial charge in [0.25, 0.3) is 5.91 Å². The van der Waals surface area contributed by atoms with Gasteiger partial charge < -0.3 is 14.0 Å². The lowest BCUT2D eigenvalue weighted by molar-refractivity contribution is 0.0998. The number of ether oxygens (including phenoxy) is 2. The Hall–Kier alpha value is -3.38. The van der Waals surface area contributed by atoms with Gasteiger partial charge in [-0.15, -0.1) is 0 Å². The van der Waals surface area contributed by atoms with Crippen LogP contribution in [0.4, 0.5) is 0 Å². The predicted molar refractivity (Wildman–Crippen MR) is 122 cm³/mol. The Bertz CT molecular complexity index is 1300. The molecule has 0 saturated carbocycles. The molecule has 156 valence electrons. The number of amides is 1. The lowest BCUT2D eigenvalue weighted by Gasteiger charge is -2.04. The first-order chi connectivity index (χ1) is 15.2. The highest BCUT2D eigenvalue weighted by Gasteiger charge is 2.18. The molecule has 0 atom stereocenters. The van der Waals surface area contributed by atoms with Crippen molar-refractivity contribution in [2.75, 3.05) is 6.79 Å². The molecule has 0 aliphatic carbocycles. The molecule has 0 fully saturated rings. The lowest BCUT2D eigenvalue weighted by atomic mass is 10.0. The Labute approximate surface area is 184 Å². The monoisotopic (exact) mass is 430 g/mol. The molecule has 0 N–H and O–H groups in total. The van der Waals surface area contributed by atoms with E-state index in [1.54, 1.807) is 0 Å². The van der Waals surface area contributed by atoms with Gasteiger partial charge in [-0.2, -0.15) is 4.99 Å². The van der Waals surface area contributed by atoms with Gasteiger partial charge in [0.2, 0.25) is 6.79 Å². The average Bonchev–Trinajstić information content (AvgIpc) is 3.37. The number of hydrogen-bond donors (Lipinski definition) is 0. The van der Waals surface area contributed by atoms with E-state index in [1.165, 1.54) is 22.5 Å². The van der Waals surface area contributed by atoms with E-state index >= 15 is 0 Å². The molecular formula is C25H22N2O3S. The smallest absolute Gasteiger partial charge is 0.279 e. The van der Waals surface area contributed by atoms with Crippen molar-refractivity contribution in [1.29, 1.82) is 0 Å². The number of benzene rings is 3. The highest BCUT2D eigenvalue weighted by Crippen LogP contribution is 2.37. The third-order valence-corrected chi connectivity index (χ3v) is 6.31. The average molecular weight is 431 g/mol. The standard InChI is InChI=1S/C25H22N2O3S/c1-2-12-27-20-14-21-22(30-16-29-21)15-23(20)31-25(27)26-24(28)19-10-8-18(9-11-19)13-17-6-4-3-5-7-17/h3-11,14-15H,2,12-13,16H2,1H3. The molecule has 4 aromatic rings. The van der Waals surface area contributed by atoms with E-state index < -0.39 is 0 Å². The molecule has 1 aliphatic rings. The van der Waals surface area contributed by atoms with Crippen LogP contribution in [0.15, 0.2) is 71.7 Å². The fraction of sp³-hybridized carbons (Fsp3) is 0.200. The summed E-state index contributed by atoms with van der Waals surface area (Å²) in [6, 6.07) is 22.0. The highest BCUT2D eigenvalue weighted by molar-refractivity contribution is 7.16. The summed E-state index contributed by atoms with van der Waals surface area (Å²) in [6.45, 7) is 3.14. The Kier molecular flexibility index (Phi) is 5.30. The third kappa shape index (κ3) is 3.99. The molecule has 0 unspecified atom stereocenters. The Balaban J connectivity index is 1.45. The van der Waals surface area contributed by atoms with E-state index in [-0.39, 0.29) is 12.7 Å². The van der Waals surface area contributed by atoms with Crippen molar-refractivity contribution in [2.24, 2.45) is 4.99 Å². The quantitative estimate of drug-likeness (QED) is 0.439. The summed E-state index contributed by atoms with van der Waals surface area (Å²) in [7, 11) is 0. The molecular weight excluding hydrogens is 408 g/mol. The Morgan fingerprint density at radius 1 is 1.00 bits per heavy atom. The van der Waals surface area contributed by atoms with Crippen LogP contribution in [-0.2, 0) is 13.0 Å². The zero-order valence-corrected chi connectivity index (χ0v) is 18.0. The molecule has 5 rings (SSSR count). The molecule has 1 aromatic heterocycles. The molecule has 0 radical (unpaired) electrons. The van der Waals surface area contributed by atoms with E-state index in [0.717, 1.165) is 41.1 Å². The number of hydrogen-bond acceptors (Lipinski definition) is 4. The van der Waals surface area contributed by atoms with Gasteiger partial charge in [-0.3, -0.25) is 4.79 Å². The van der Waals surface area contributed by atoms with Gasteiger partial charge in [0.1, 0.15) is 0 Å². The van der Waals surface area contributed by atoms with Crippen molar-refractivity contribution < 1.29 is 14.3 Å². The maximum Gasteiger partial charge on any atom is 0.279 e. The van der Waals surface area contributed by atoms with Crippen molar-refractivity contribution in [2.45, 2.75) is 26.3 Å². The van der Waals surface area contributed by atoms with Crippen LogP contribution < -0.4 is 14.3 Å². The zero-order valence-electron chi connectivity index (χ0n) is 17.2. The van der Waals surface area contributed by atoms with Crippen LogP contribution in [0.3, 0.4) is 0 Å². The summed E-state index contributed by atoms with van der Waals surface area (Å²) in [5.74, 6) is 1.24. The number of nitrogens with zero attached hydrogens (tertiary/aromatic N) is 2. The summed E-state index contributed by atoms with van der Waals surface area (Å²) >= 11 is 1.50. The van der Waals surface area contributed by atoms with Crippen molar-refractivity contribution in [3.05, 3.63) is 88.2 Å². The van der Waals surface area contributed by atoms with Crippen LogP contribution in [0.1, 0.15) is 34.8 Å². The summed E-state index contributed by atoms with van der Waals surface area (Å²) in [5.41, 5.74) is 4.02. The van der Waals surface area contributed by atoms with Crippen molar-refractivity contribution >= 4 is 27.5 Å². The first-order valence-electron chi connectivity index (χ1n) is 10.4. The molecule has 0 bridgehead atoms. The first-order valence-corrected chi connectivity index (χ1v) is 11.2. The number of aromatic nitrogens is 1. The molecule has 5 nitrogen and oxygen atoms in total. The number of thiazole rings is 1. The van der Waals surface area contributed by atoms with E-state index in [1.807, 2.05) is 54.6 Å². The Morgan fingerprint density at radius 3 is 2.45 bits per heavy atom. The van der Waals surface area contributed by atoms with Gasteiger partial charge in [0.05, 0.1) is 10.2 Å². The molecule has 2 heterocycles. The van der Waals surface area contributed by atoms with Crippen LogP contribution in [0.25, 0.3) is 10.2 Å². The summed E-state index contributed by atoms with van der Waals surface area (Å²) in [5, 5.41) is 0. The molecule has 0 spiro atoms. The van der Waals surface area contributed by atoms with Gasteiger partial charge >= 0.3 is 0 Å². The van der Waals surface area contributed by atoms with E-state index in [9.17, 15) is 4.79 Å². The van der Waals surface area contributed by atoms with E-state index in [4.69, 9.17) is 9.47 Å². The van der Waals surface area contributed by atoms with E-state index in [2.05, 4.69) is 28.6 Å². The van der Waals surface area contributed by atoms with Crippen LogP contribution in [-0.4, -0.2) is 17.3 Å². The minimum atomic E-state index is -0.234. The van der Waals surface area contributed by atoms with Gasteiger partial charge in [-0.05, 0) is 36.1 Å². The summed E-state index contributed by atoms with van der Waals surface area (Å²) in [6.07, 6.45) is 1.78. The predicted octanol–water partition coefficient (Wildman–Crippen LogP) is 5.17. The van der Waals surface area contributed by atoms with Crippen LogP contribution in [0.5, 0.6) is 11.5 Å². The van der Waals surface area contributed by atoms with Crippen molar-refractivity contribution in [3.8, 4) is 11.5 Å². The molecule has 6 heteroatoms. The molecule has 31 heavy (non-hydrogen) atoms. The molecule has 1 aliphatic heterocycles. The summed E-state index contributed by atoms with van der Waals surface area (Å²) < 4.78 is 14.1. The largest absolute Gasteiger partial charge is 0.454 e. The van der Waals surface area contributed by atoms with Crippen molar-refractivity contribution in [3.63, 3.8) is 0 Å². The SMILES string of the molecule is CCCn1c(=NC(=O)c2ccc(Cc3ccccc3)cc2)sc2cc3c(cc21)OCO3. The number of fused-ring (bicyclic) bond motifs is 2. The topological polar surface area (TPSA) is 52.8 Å². The highest BCUT2D eigenvalue weighted by atomic mass is 32.1. The third-order valence-electron chi connectivity index (χ3n) is 5.27. The maximum absolute atomic E-state index is 12.9. The van der Waals surface area contributed by atoms with Crippen LogP contribution in [0.2, 0.25) is 0 Å². The second kappa shape index (κ2) is 8.40. The van der Waals surface area contributed by atoms with Gasteiger partial charge in [-0.1, -0.05) is 60.7 Å². The number of carbonyl (C=O) groups is 1. The Morgan fingerprint density at radius 2 is 1.71 bits per heavy atom. The van der Waals surface area contributed by atoms with Crippen LogP contribution >= 0.6 is 11.3 Å². The zero-order chi connectivity index (χ0) is 21.2. The number of rotatable bonds is 5. The first kappa shape index (κ1) is 19.6. The fourth-order valence-corrected chi connectivity index (χ4v) is 4.80.